The molecule has 0 aromatic heterocycles. The molecule has 0 spiro atoms. The molecule has 304 valence electrons. The van der Waals surface area contributed by atoms with E-state index in [1.807, 2.05) is 66.7 Å². The first-order valence-electron chi connectivity index (χ1n) is 19.4. The number of benzene rings is 5. The van der Waals surface area contributed by atoms with Crippen LogP contribution < -0.4 is 20.9 Å². The van der Waals surface area contributed by atoms with Crippen molar-refractivity contribution in [2.45, 2.75) is 65.2 Å². The molecule has 4 N–H and O–H groups in total. The van der Waals surface area contributed by atoms with Crippen molar-refractivity contribution < 1.29 is 33.9 Å². The van der Waals surface area contributed by atoms with Crippen LogP contribution in [0.1, 0.15) is 83.5 Å². The first-order valence-corrected chi connectivity index (χ1v) is 19.4. The number of ether oxygens (including phenoxy) is 1. The summed E-state index contributed by atoms with van der Waals surface area (Å²) in [5.41, 5.74) is 9.91. The fourth-order valence-corrected chi connectivity index (χ4v) is 6.60. The number of hydrogen-bond acceptors (Lipinski definition) is 8. The van der Waals surface area contributed by atoms with E-state index in [1.165, 1.54) is 24.3 Å². The average Bonchev–Trinajstić information content (AvgIpc) is 3.72. The van der Waals surface area contributed by atoms with Gasteiger partial charge in [0.15, 0.2) is 6.17 Å². The molecule has 0 bridgehead atoms. The molecule has 1 aliphatic heterocycles. The van der Waals surface area contributed by atoms with Crippen LogP contribution in [0.3, 0.4) is 0 Å². The van der Waals surface area contributed by atoms with Gasteiger partial charge in [0, 0.05) is 23.4 Å². The lowest BCUT2D eigenvalue weighted by atomic mass is 9.95. The maximum atomic E-state index is 14.0. The molecule has 5 aromatic carbocycles. The summed E-state index contributed by atoms with van der Waals surface area (Å²) in [7, 11) is 1.61. The Kier molecular flexibility index (Phi) is 12.9. The quantitative estimate of drug-likeness (QED) is 0.0845. The van der Waals surface area contributed by atoms with Crippen molar-refractivity contribution in [3.8, 4) is 16.9 Å². The Bertz CT molecular complexity index is 2340. The van der Waals surface area contributed by atoms with Gasteiger partial charge in [-0.05, 0) is 109 Å². The third kappa shape index (κ3) is 10.6. The first kappa shape index (κ1) is 41.8. The van der Waals surface area contributed by atoms with Crippen molar-refractivity contribution >= 4 is 35.3 Å². The molecule has 0 fully saturated rings. The van der Waals surface area contributed by atoms with E-state index < -0.39 is 36.0 Å². The Morgan fingerprint density at radius 2 is 1.47 bits per heavy atom. The summed E-state index contributed by atoms with van der Waals surface area (Å²) in [6.07, 6.45) is -0.308. The first-order chi connectivity index (χ1) is 28.2. The molecule has 0 saturated carbocycles. The number of aliphatic imine (C=N–C) groups is 1. The van der Waals surface area contributed by atoms with E-state index in [-0.39, 0.29) is 30.4 Å². The summed E-state index contributed by atoms with van der Waals surface area (Å²) >= 11 is 0. The molecule has 1 heterocycles. The molecular formula is C47H49N5O7. The SMILES string of the molecule is COc1ccc(CC(=O)Nc2ccc(C(=O)N(CC(=O)NC(C)(C)C(=O)O)Cc3ccc(C4N=C(c5ccc(-c6ccc(C)cc6)cc5)ON4)cc3)cc2)c(C(C)C)c1. The highest BCUT2D eigenvalue weighted by Gasteiger charge is 2.30. The van der Waals surface area contributed by atoms with Gasteiger partial charge in [-0.3, -0.25) is 14.4 Å². The third-order valence-electron chi connectivity index (χ3n) is 10.0. The molecular weight excluding hydrogens is 747 g/mol. The third-order valence-corrected chi connectivity index (χ3v) is 10.0. The lowest BCUT2D eigenvalue weighted by Gasteiger charge is -2.26. The fourth-order valence-electron chi connectivity index (χ4n) is 6.60. The normalized spacial score (nSPS) is 13.6. The molecule has 59 heavy (non-hydrogen) atoms. The number of nitrogens with one attached hydrogen (secondary N) is 3. The smallest absolute Gasteiger partial charge is 0.328 e. The lowest BCUT2D eigenvalue weighted by Crippen LogP contribution is -2.53. The standard InChI is InChI=1S/C47H49N5O7/c1-29(2)40-26-39(58-6)24-21-37(40)25-41(53)48-38-22-19-36(20-23-38)45(55)52(28-42(54)50-47(4,5)46(56)57)27-31-9-13-34(14-10-31)43-49-44(59-51-43)35-17-15-33(16-18-35)32-11-7-30(3)8-12-32/h7-24,26,29,43,51H,25,27-28H2,1-6H3,(H,48,53)(H,50,54)(H,56,57). The van der Waals surface area contributed by atoms with Gasteiger partial charge in [-0.25, -0.2) is 9.79 Å². The minimum Gasteiger partial charge on any atom is -0.497 e. The summed E-state index contributed by atoms with van der Waals surface area (Å²) in [6, 6.07) is 35.8. The molecule has 0 saturated heterocycles. The number of carboxylic acids is 1. The zero-order valence-corrected chi connectivity index (χ0v) is 34.0. The zero-order chi connectivity index (χ0) is 42.3. The number of methoxy groups -OCH3 is 1. The fraction of sp³-hybridized carbons (Fsp3) is 0.255. The van der Waals surface area contributed by atoms with E-state index in [4.69, 9.17) is 14.6 Å². The molecule has 12 nitrogen and oxygen atoms in total. The molecule has 6 rings (SSSR count). The van der Waals surface area contributed by atoms with Crippen molar-refractivity contribution in [2.75, 3.05) is 19.0 Å². The Balaban J connectivity index is 1.13. The largest absolute Gasteiger partial charge is 0.497 e. The Morgan fingerprint density at radius 3 is 2.08 bits per heavy atom. The summed E-state index contributed by atoms with van der Waals surface area (Å²) in [5, 5.41) is 15.0. The van der Waals surface area contributed by atoms with Crippen molar-refractivity contribution in [2.24, 2.45) is 4.99 Å². The second-order valence-corrected chi connectivity index (χ2v) is 15.4. The Morgan fingerprint density at radius 1 is 0.847 bits per heavy atom. The highest BCUT2D eigenvalue weighted by atomic mass is 16.7. The summed E-state index contributed by atoms with van der Waals surface area (Å²) in [4.78, 5) is 63.7. The molecule has 3 amide bonds. The number of carbonyl (C=O) groups is 4. The summed E-state index contributed by atoms with van der Waals surface area (Å²) in [5.74, 6) is -1.13. The molecule has 12 heteroatoms. The number of hydrogen-bond donors (Lipinski definition) is 4. The van der Waals surface area contributed by atoms with E-state index in [1.54, 1.807) is 31.4 Å². The Hall–Kier alpha value is -6.79. The van der Waals surface area contributed by atoms with Crippen molar-refractivity contribution in [1.82, 2.24) is 15.7 Å². The van der Waals surface area contributed by atoms with E-state index >= 15 is 0 Å². The molecule has 1 unspecified atom stereocenters. The van der Waals surface area contributed by atoms with Gasteiger partial charge in [0.25, 0.3) is 5.91 Å². The number of aryl methyl sites for hydroxylation is 1. The highest BCUT2D eigenvalue weighted by molar-refractivity contribution is 5.98. The van der Waals surface area contributed by atoms with Gasteiger partial charge in [0.2, 0.25) is 17.7 Å². The van der Waals surface area contributed by atoms with Crippen LogP contribution in [0.15, 0.2) is 120 Å². The van der Waals surface area contributed by atoms with E-state index in [2.05, 4.69) is 61.2 Å². The second kappa shape index (κ2) is 18.2. The van der Waals surface area contributed by atoms with E-state index in [0.717, 1.165) is 44.7 Å². The summed E-state index contributed by atoms with van der Waals surface area (Å²) < 4.78 is 5.36. The topological polar surface area (TPSA) is 159 Å². The van der Waals surface area contributed by atoms with Crippen LogP contribution in [0.2, 0.25) is 0 Å². The van der Waals surface area contributed by atoms with Crippen molar-refractivity contribution in [3.05, 3.63) is 154 Å². The van der Waals surface area contributed by atoms with Crippen LogP contribution in [-0.2, 0) is 32.2 Å². The van der Waals surface area contributed by atoms with Gasteiger partial charge in [0.05, 0.1) is 13.5 Å². The summed E-state index contributed by atoms with van der Waals surface area (Å²) in [6.45, 7) is 8.57. The second-order valence-electron chi connectivity index (χ2n) is 15.4. The number of aliphatic carboxylic acids is 1. The minimum atomic E-state index is -1.55. The van der Waals surface area contributed by atoms with Crippen LogP contribution in [0.4, 0.5) is 5.69 Å². The monoisotopic (exact) mass is 795 g/mol. The average molecular weight is 796 g/mol. The predicted molar refractivity (Wildman–Crippen MR) is 227 cm³/mol. The number of amides is 3. The number of rotatable bonds is 15. The highest BCUT2D eigenvalue weighted by Crippen LogP contribution is 2.27. The number of carboxylic acid groups (broad SMARTS) is 1. The molecule has 0 radical (unpaired) electrons. The van der Waals surface area contributed by atoms with E-state index in [9.17, 15) is 24.3 Å². The maximum Gasteiger partial charge on any atom is 0.328 e. The van der Waals surface area contributed by atoms with Gasteiger partial charge in [0.1, 0.15) is 17.8 Å². The zero-order valence-electron chi connectivity index (χ0n) is 34.0. The van der Waals surface area contributed by atoms with Gasteiger partial charge in [-0.15, -0.1) is 5.48 Å². The van der Waals surface area contributed by atoms with Crippen LogP contribution in [-0.4, -0.2) is 58.8 Å². The molecule has 0 aliphatic carbocycles. The van der Waals surface area contributed by atoms with Gasteiger partial charge in [-0.2, -0.15) is 0 Å². The van der Waals surface area contributed by atoms with Crippen LogP contribution in [0, 0.1) is 6.92 Å². The van der Waals surface area contributed by atoms with E-state index in [0.29, 0.717) is 11.6 Å². The number of nitrogens with zero attached hydrogens (tertiary/aromatic N) is 2. The molecule has 5 aromatic rings. The molecule has 1 atom stereocenters. The van der Waals surface area contributed by atoms with Gasteiger partial charge < -0.3 is 30.2 Å². The van der Waals surface area contributed by atoms with Gasteiger partial charge in [-0.1, -0.05) is 86.1 Å². The van der Waals surface area contributed by atoms with Crippen molar-refractivity contribution in [1.29, 1.82) is 0 Å². The van der Waals surface area contributed by atoms with Crippen LogP contribution in [0.5, 0.6) is 5.75 Å². The minimum absolute atomic E-state index is 0.0506. The lowest BCUT2D eigenvalue weighted by molar-refractivity contribution is -0.146. The maximum absolute atomic E-state index is 14.0. The van der Waals surface area contributed by atoms with Gasteiger partial charge >= 0.3 is 5.97 Å². The number of hydroxylamine groups is 1. The number of anilines is 1. The van der Waals surface area contributed by atoms with Crippen LogP contribution >= 0.6 is 0 Å². The number of carbonyl (C=O) groups excluding carboxylic acids is 3. The van der Waals surface area contributed by atoms with Crippen molar-refractivity contribution in [3.63, 3.8) is 0 Å². The predicted octanol–water partition coefficient (Wildman–Crippen LogP) is 7.58. The van der Waals surface area contributed by atoms with Crippen LogP contribution in [0.25, 0.3) is 11.1 Å². The molecule has 1 aliphatic rings. The Labute approximate surface area is 344 Å².